The molecule has 0 aliphatic rings. The summed E-state index contributed by atoms with van der Waals surface area (Å²) in [7, 11) is 1.61. The van der Waals surface area contributed by atoms with Crippen molar-refractivity contribution in [2.75, 3.05) is 33.4 Å². The number of aliphatic hydroxyl groups excluding tert-OH is 1. The summed E-state index contributed by atoms with van der Waals surface area (Å²) in [4.78, 5) is 0. The fraction of sp³-hybridized carbons (Fsp3) is 1.00. The first-order valence-electron chi connectivity index (χ1n) is 6.40. The molecule has 2 atom stereocenters. The minimum atomic E-state index is -0.819. The van der Waals surface area contributed by atoms with Crippen LogP contribution in [0, 0.1) is 0 Å². The van der Waals surface area contributed by atoms with E-state index in [2.05, 4.69) is 5.32 Å². The second-order valence-corrected chi connectivity index (χ2v) is 5.95. The lowest BCUT2D eigenvalue weighted by Gasteiger charge is -2.25. The molecule has 0 spiro atoms. The molecule has 0 rings (SSSR count). The highest BCUT2D eigenvalue weighted by Gasteiger charge is 2.20. The SMILES string of the molecule is COCCC(C)(O)CNCC(O)COC(C)(C)C. The number of hydrogen-bond donors (Lipinski definition) is 3. The molecule has 0 fully saturated rings. The molecule has 5 nitrogen and oxygen atoms in total. The molecule has 0 bridgehead atoms. The molecular formula is C13H29NO4. The Balaban J connectivity index is 3.70. The van der Waals surface area contributed by atoms with Crippen LogP contribution in [0.1, 0.15) is 34.1 Å². The fourth-order valence-electron chi connectivity index (χ4n) is 1.32. The average molecular weight is 263 g/mol. The zero-order chi connectivity index (χ0) is 14.2. The van der Waals surface area contributed by atoms with E-state index in [-0.39, 0.29) is 12.2 Å². The molecule has 0 saturated heterocycles. The van der Waals surface area contributed by atoms with Crippen molar-refractivity contribution in [3.8, 4) is 0 Å². The van der Waals surface area contributed by atoms with Crippen molar-refractivity contribution in [3.05, 3.63) is 0 Å². The van der Waals surface area contributed by atoms with Gasteiger partial charge in [-0.15, -0.1) is 0 Å². The summed E-state index contributed by atoms with van der Waals surface area (Å²) in [6, 6.07) is 0. The molecule has 0 aromatic rings. The third-order valence-electron chi connectivity index (χ3n) is 2.44. The highest BCUT2D eigenvalue weighted by Crippen LogP contribution is 2.08. The Morgan fingerprint density at radius 3 is 2.33 bits per heavy atom. The predicted octanol–water partition coefficient (Wildman–Crippen LogP) is 0.540. The van der Waals surface area contributed by atoms with Gasteiger partial charge < -0.3 is 25.0 Å². The van der Waals surface area contributed by atoms with E-state index < -0.39 is 11.7 Å². The first kappa shape index (κ1) is 17.8. The second-order valence-electron chi connectivity index (χ2n) is 5.95. The summed E-state index contributed by atoms with van der Waals surface area (Å²) in [6.45, 7) is 9.22. The van der Waals surface area contributed by atoms with Gasteiger partial charge in [0.1, 0.15) is 0 Å². The topological polar surface area (TPSA) is 71.0 Å². The summed E-state index contributed by atoms with van der Waals surface area (Å²) in [5, 5.41) is 22.7. The van der Waals surface area contributed by atoms with Crippen LogP contribution < -0.4 is 5.32 Å². The Bertz CT molecular complexity index is 214. The van der Waals surface area contributed by atoms with Crippen LogP contribution >= 0.6 is 0 Å². The standard InChI is InChI=1S/C13H29NO4/c1-12(2,3)18-9-11(15)8-14-10-13(4,16)6-7-17-5/h11,14-16H,6-10H2,1-5H3. The molecule has 110 valence electrons. The second kappa shape index (κ2) is 8.07. The summed E-state index contributed by atoms with van der Waals surface area (Å²) in [5.41, 5.74) is -1.06. The Morgan fingerprint density at radius 1 is 1.22 bits per heavy atom. The first-order valence-corrected chi connectivity index (χ1v) is 6.40. The Labute approximate surface area is 110 Å². The molecule has 0 aromatic heterocycles. The summed E-state index contributed by atoms with van der Waals surface area (Å²) in [5.74, 6) is 0. The predicted molar refractivity (Wildman–Crippen MR) is 71.7 cm³/mol. The number of methoxy groups -OCH3 is 1. The number of hydrogen-bond acceptors (Lipinski definition) is 5. The van der Waals surface area contributed by atoms with Gasteiger partial charge in [-0.1, -0.05) is 0 Å². The van der Waals surface area contributed by atoms with Crippen molar-refractivity contribution in [2.24, 2.45) is 0 Å². The third kappa shape index (κ3) is 10.9. The zero-order valence-corrected chi connectivity index (χ0v) is 12.3. The summed E-state index contributed by atoms with van der Waals surface area (Å²) < 4.78 is 10.4. The minimum Gasteiger partial charge on any atom is -0.389 e. The van der Waals surface area contributed by atoms with E-state index in [0.717, 1.165) is 0 Å². The number of rotatable bonds is 9. The summed E-state index contributed by atoms with van der Waals surface area (Å²) >= 11 is 0. The van der Waals surface area contributed by atoms with E-state index in [1.54, 1.807) is 14.0 Å². The lowest BCUT2D eigenvalue weighted by atomic mass is 10.0. The maximum absolute atomic E-state index is 9.96. The number of aliphatic hydroxyl groups is 2. The van der Waals surface area contributed by atoms with Crippen LogP contribution in [0.3, 0.4) is 0 Å². The molecule has 3 N–H and O–H groups in total. The maximum Gasteiger partial charge on any atom is 0.0897 e. The van der Waals surface area contributed by atoms with E-state index in [4.69, 9.17) is 9.47 Å². The molecule has 5 heteroatoms. The van der Waals surface area contributed by atoms with Gasteiger partial charge >= 0.3 is 0 Å². The van der Waals surface area contributed by atoms with Gasteiger partial charge in [0.05, 0.1) is 23.9 Å². The van der Waals surface area contributed by atoms with Crippen LogP contribution in [0.25, 0.3) is 0 Å². The van der Waals surface area contributed by atoms with Gasteiger partial charge in [0.2, 0.25) is 0 Å². The molecule has 0 heterocycles. The van der Waals surface area contributed by atoms with E-state index in [1.165, 1.54) is 0 Å². The van der Waals surface area contributed by atoms with Crippen molar-refractivity contribution in [1.29, 1.82) is 0 Å². The minimum absolute atomic E-state index is 0.245. The zero-order valence-electron chi connectivity index (χ0n) is 12.3. The van der Waals surface area contributed by atoms with Crippen molar-refractivity contribution in [3.63, 3.8) is 0 Å². The number of nitrogens with one attached hydrogen (secondary N) is 1. The lowest BCUT2D eigenvalue weighted by Crippen LogP contribution is -2.42. The smallest absolute Gasteiger partial charge is 0.0897 e. The molecule has 0 saturated carbocycles. The van der Waals surface area contributed by atoms with E-state index in [1.807, 2.05) is 20.8 Å². The lowest BCUT2D eigenvalue weighted by molar-refractivity contribution is -0.0495. The molecular weight excluding hydrogens is 234 g/mol. The summed E-state index contributed by atoms with van der Waals surface area (Å²) in [6.07, 6.45) is -0.00657. The van der Waals surface area contributed by atoms with Crippen molar-refractivity contribution < 1.29 is 19.7 Å². The molecule has 2 unspecified atom stereocenters. The van der Waals surface area contributed by atoms with Crippen LogP contribution in [0.2, 0.25) is 0 Å². The average Bonchev–Trinajstić information content (AvgIpc) is 2.22. The maximum atomic E-state index is 9.96. The van der Waals surface area contributed by atoms with Crippen molar-refractivity contribution in [1.82, 2.24) is 5.32 Å². The highest BCUT2D eigenvalue weighted by molar-refractivity contribution is 4.76. The van der Waals surface area contributed by atoms with Crippen LogP contribution in [-0.4, -0.2) is 60.9 Å². The molecule has 0 radical (unpaired) electrons. The van der Waals surface area contributed by atoms with Crippen LogP contribution in [0.15, 0.2) is 0 Å². The number of ether oxygens (including phenoxy) is 2. The van der Waals surface area contributed by atoms with Gasteiger partial charge in [-0.2, -0.15) is 0 Å². The molecule has 0 amide bonds. The normalized spacial score (nSPS) is 17.5. The van der Waals surface area contributed by atoms with Crippen molar-refractivity contribution in [2.45, 2.75) is 51.4 Å². The third-order valence-corrected chi connectivity index (χ3v) is 2.44. The van der Waals surface area contributed by atoms with Gasteiger partial charge in [-0.05, 0) is 27.7 Å². The molecule has 0 aliphatic carbocycles. The van der Waals surface area contributed by atoms with Gasteiger partial charge in [-0.3, -0.25) is 0 Å². The largest absolute Gasteiger partial charge is 0.389 e. The van der Waals surface area contributed by atoms with Crippen LogP contribution in [0.4, 0.5) is 0 Å². The Morgan fingerprint density at radius 2 is 1.83 bits per heavy atom. The van der Waals surface area contributed by atoms with Crippen molar-refractivity contribution >= 4 is 0 Å². The van der Waals surface area contributed by atoms with Gasteiger partial charge in [0.25, 0.3) is 0 Å². The van der Waals surface area contributed by atoms with E-state index >= 15 is 0 Å². The van der Waals surface area contributed by atoms with Gasteiger partial charge in [-0.25, -0.2) is 0 Å². The van der Waals surface area contributed by atoms with Crippen LogP contribution in [0.5, 0.6) is 0 Å². The molecule has 0 aromatic carbocycles. The Hall–Kier alpha value is -0.200. The molecule has 0 aliphatic heterocycles. The quantitative estimate of drug-likeness (QED) is 0.566. The molecule has 18 heavy (non-hydrogen) atoms. The van der Waals surface area contributed by atoms with Gasteiger partial charge in [0.15, 0.2) is 0 Å². The fourth-order valence-corrected chi connectivity index (χ4v) is 1.32. The van der Waals surface area contributed by atoms with Crippen LogP contribution in [-0.2, 0) is 9.47 Å². The van der Waals surface area contributed by atoms with E-state index in [0.29, 0.717) is 26.1 Å². The Kier molecular flexibility index (Phi) is 7.98. The van der Waals surface area contributed by atoms with E-state index in [9.17, 15) is 10.2 Å². The highest BCUT2D eigenvalue weighted by atomic mass is 16.5. The first-order chi connectivity index (χ1) is 8.16. The monoisotopic (exact) mass is 263 g/mol. The van der Waals surface area contributed by atoms with Gasteiger partial charge in [0, 0.05) is 33.2 Å².